The van der Waals surface area contributed by atoms with Gasteiger partial charge < -0.3 is 9.72 Å². The first kappa shape index (κ1) is 10.8. The van der Waals surface area contributed by atoms with E-state index in [0.717, 1.165) is 11.4 Å². The van der Waals surface area contributed by atoms with Gasteiger partial charge >= 0.3 is 0 Å². The number of nitrogens with one attached hydrogen (secondary N) is 1. The second-order valence-corrected chi connectivity index (χ2v) is 4.31. The lowest BCUT2D eigenvalue weighted by Crippen LogP contribution is -1.95. The molecule has 0 bridgehead atoms. The molecule has 0 fully saturated rings. The molecule has 0 saturated carbocycles. The van der Waals surface area contributed by atoms with Gasteiger partial charge in [-0.2, -0.15) is 0 Å². The minimum Gasteiger partial charge on any atom is -0.486 e. The number of benzene rings is 1. The summed E-state index contributed by atoms with van der Waals surface area (Å²) in [5, 5.41) is 1.22. The van der Waals surface area contributed by atoms with Gasteiger partial charge in [0.15, 0.2) is 0 Å². The van der Waals surface area contributed by atoms with E-state index in [1.54, 1.807) is 12.4 Å². The van der Waals surface area contributed by atoms with Crippen LogP contribution in [-0.2, 0) is 6.61 Å². The third-order valence-corrected chi connectivity index (χ3v) is 2.95. The molecule has 90 valence electrons. The molecule has 0 atom stereocenters. The van der Waals surface area contributed by atoms with E-state index < -0.39 is 0 Å². The van der Waals surface area contributed by atoms with Crippen molar-refractivity contribution in [1.29, 1.82) is 0 Å². The van der Waals surface area contributed by atoms with Crippen LogP contribution < -0.4 is 4.74 Å². The number of ether oxygens (including phenoxy) is 1. The summed E-state index contributed by atoms with van der Waals surface area (Å²) in [6, 6.07) is 12.2. The SMILES string of the molecule is Cc1cccc2cc(COc3cccnc3)[nH]c12. The van der Waals surface area contributed by atoms with Gasteiger partial charge in [0.2, 0.25) is 0 Å². The molecule has 0 amide bonds. The van der Waals surface area contributed by atoms with Crippen molar-refractivity contribution >= 4 is 10.9 Å². The normalized spacial score (nSPS) is 10.7. The van der Waals surface area contributed by atoms with Crippen molar-refractivity contribution in [1.82, 2.24) is 9.97 Å². The van der Waals surface area contributed by atoms with Crippen LogP contribution in [0.1, 0.15) is 11.3 Å². The molecule has 3 rings (SSSR count). The second kappa shape index (κ2) is 4.53. The van der Waals surface area contributed by atoms with Crippen molar-refractivity contribution in [3.05, 3.63) is 60.0 Å². The number of para-hydroxylation sites is 1. The Morgan fingerprint density at radius 1 is 1.22 bits per heavy atom. The molecular weight excluding hydrogens is 224 g/mol. The first-order valence-corrected chi connectivity index (χ1v) is 5.93. The second-order valence-electron chi connectivity index (χ2n) is 4.31. The number of aryl methyl sites for hydroxylation is 1. The Labute approximate surface area is 105 Å². The summed E-state index contributed by atoms with van der Waals surface area (Å²) in [5.74, 6) is 0.785. The molecule has 2 heterocycles. The first-order chi connectivity index (χ1) is 8.83. The third kappa shape index (κ3) is 2.07. The monoisotopic (exact) mass is 238 g/mol. The number of rotatable bonds is 3. The maximum Gasteiger partial charge on any atom is 0.138 e. The molecule has 2 aromatic heterocycles. The fraction of sp³-hybridized carbons (Fsp3) is 0.133. The van der Waals surface area contributed by atoms with Gasteiger partial charge in [-0.25, -0.2) is 0 Å². The minimum absolute atomic E-state index is 0.528. The maximum atomic E-state index is 5.67. The molecular formula is C15H14N2O. The molecule has 0 aliphatic heterocycles. The van der Waals surface area contributed by atoms with Crippen LogP contribution in [0.5, 0.6) is 5.75 Å². The minimum atomic E-state index is 0.528. The summed E-state index contributed by atoms with van der Waals surface area (Å²) in [5.41, 5.74) is 3.51. The highest BCUT2D eigenvalue weighted by atomic mass is 16.5. The average Bonchev–Trinajstić information content (AvgIpc) is 2.82. The number of H-pyrrole nitrogens is 1. The molecule has 3 aromatic rings. The van der Waals surface area contributed by atoms with Crippen LogP contribution in [0, 0.1) is 6.92 Å². The molecule has 0 radical (unpaired) electrons. The predicted molar refractivity (Wildman–Crippen MR) is 71.6 cm³/mol. The molecule has 0 spiro atoms. The highest BCUT2D eigenvalue weighted by Crippen LogP contribution is 2.19. The van der Waals surface area contributed by atoms with E-state index >= 15 is 0 Å². The van der Waals surface area contributed by atoms with Gasteiger partial charge in [-0.3, -0.25) is 4.98 Å². The van der Waals surface area contributed by atoms with E-state index in [1.807, 2.05) is 12.1 Å². The van der Waals surface area contributed by atoms with Gasteiger partial charge in [0.1, 0.15) is 12.4 Å². The number of aromatic amines is 1. The molecule has 3 heteroatoms. The van der Waals surface area contributed by atoms with E-state index in [2.05, 4.69) is 41.2 Å². The van der Waals surface area contributed by atoms with Gasteiger partial charge in [0.25, 0.3) is 0 Å². The quantitative estimate of drug-likeness (QED) is 0.759. The molecule has 1 aromatic carbocycles. The fourth-order valence-corrected chi connectivity index (χ4v) is 2.04. The number of hydrogen-bond acceptors (Lipinski definition) is 2. The van der Waals surface area contributed by atoms with E-state index in [9.17, 15) is 0 Å². The molecule has 0 unspecified atom stereocenters. The highest BCUT2D eigenvalue weighted by Gasteiger charge is 2.03. The lowest BCUT2D eigenvalue weighted by Gasteiger charge is -2.03. The zero-order valence-electron chi connectivity index (χ0n) is 10.2. The average molecular weight is 238 g/mol. The lowest BCUT2D eigenvalue weighted by atomic mass is 10.2. The van der Waals surface area contributed by atoms with Crippen LogP contribution in [0.15, 0.2) is 48.8 Å². The van der Waals surface area contributed by atoms with Crippen molar-refractivity contribution in [2.45, 2.75) is 13.5 Å². The van der Waals surface area contributed by atoms with Crippen LogP contribution in [0.25, 0.3) is 10.9 Å². The summed E-state index contributed by atoms with van der Waals surface area (Å²) >= 11 is 0. The number of hydrogen-bond donors (Lipinski definition) is 1. The summed E-state index contributed by atoms with van der Waals surface area (Å²) < 4.78 is 5.67. The van der Waals surface area contributed by atoms with Crippen LogP contribution >= 0.6 is 0 Å². The van der Waals surface area contributed by atoms with Crippen molar-refractivity contribution < 1.29 is 4.74 Å². The largest absolute Gasteiger partial charge is 0.486 e. The van der Waals surface area contributed by atoms with Gasteiger partial charge in [0.05, 0.1) is 11.9 Å². The highest BCUT2D eigenvalue weighted by molar-refractivity contribution is 5.83. The lowest BCUT2D eigenvalue weighted by molar-refractivity contribution is 0.301. The standard InChI is InChI=1S/C15H14N2O/c1-11-4-2-5-12-8-13(17-15(11)12)10-18-14-6-3-7-16-9-14/h2-9,17H,10H2,1H3. The molecule has 18 heavy (non-hydrogen) atoms. The van der Waals surface area contributed by atoms with Crippen molar-refractivity contribution in [2.24, 2.45) is 0 Å². The number of pyridine rings is 1. The Kier molecular flexibility index (Phi) is 2.73. The summed E-state index contributed by atoms with van der Waals surface area (Å²) in [6.45, 7) is 2.63. The number of aromatic nitrogens is 2. The molecule has 0 saturated heterocycles. The maximum absolute atomic E-state index is 5.67. The summed E-state index contributed by atoms with van der Waals surface area (Å²) in [4.78, 5) is 7.41. The zero-order chi connectivity index (χ0) is 12.4. The Morgan fingerprint density at radius 2 is 2.17 bits per heavy atom. The molecule has 0 aliphatic rings. The number of nitrogens with zero attached hydrogens (tertiary/aromatic N) is 1. The first-order valence-electron chi connectivity index (χ1n) is 5.93. The number of fused-ring (bicyclic) bond motifs is 1. The summed E-state index contributed by atoms with van der Waals surface area (Å²) in [6.07, 6.45) is 3.45. The van der Waals surface area contributed by atoms with Gasteiger partial charge in [-0.15, -0.1) is 0 Å². The van der Waals surface area contributed by atoms with Crippen molar-refractivity contribution in [3.63, 3.8) is 0 Å². The van der Waals surface area contributed by atoms with Crippen LogP contribution in [0.4, 0.5) is 0 Å². The van der Waals surface area contributed by atoms with Gasteiger partial charge in [0, 0.05) is 17.1 Å². The van der Waals surface area contributed by atoms with E-state index in [0.29, 0.717) is 6.61 Å². The smallest absolute Gasteiger partial charge is 0.138 e. The Balaban J connectivity index is 1.81. The Hall–Kier alpha value is -2.29. The van der Waals surface area contributed by atoms with E-state index in [1.165, 1.54) is 16.5 Å². The Bertz CT molecular complexity index is 659. The van der Waals surface area contributed by atoms with Crippen LogP contribution in [-0.4, -0.2) is 9.97 Å². The van der Waals surface area contributed by atoms with Gasteiger partial charge in [-0.1, -0.05) is 18.2 Å². The van der Waals surface area contributed by atoms with E-state index in [-0.39, 0.29) is 0 Å². The molecule has 1 N–H and O–H groups in total. The van der Waals surface area contributed by atoms with Crippen LogP contribution in [0.2, 0.25) is 0 Å². The van der Waals surface area contributed by atoms with Crippen molar-refractivity contribution in [3.8, 4) is 5.75 Å². The predicted octanol–water partition coefficient (Wildman–Crippen LogP) is 3.45. The fourth-order valence-electron chi connectivity index (χ4n) is 2.04. The van der Waals surface area contributed by atoms with Gasteiger partial charge in [-0.05, 0) is 30.7 Å². The zero-order valence-corrected chi connectivity index (χ0v) is 10.2. The summed E-state index contributed by atoms with van der Waals surface area (Å²) in [7, 11) is 0. The van der Waals surface area contributed by atoms with Crippen molar-refractivity contribution in [2.75, 3.05) is 0 Å². The van der Waals surface area contributed by atoms with Crippen LogP contribution in [0.3, 0.4) is 0 Å². The Morgan fingerprint density at radius 3 is 2.94 bits per heavy atom. The van der Waals surface area contributed by atoms with E-state index in [4.69, 9.17) is 4.74 Å². The molecule has 0 aliphatic carbocycles. The molecule has 3 nitrogen and oxygen atoms in total. The topological polar surface area (TPSA) is 37.9 Å². The third-order valence-electron chi connectivity index (χ3n) is 2.95.